The number of carbonyl (C=O) groups is 2. The smallest absolute Gasteiger partial charge is 0.327 e. The third-order valence-electron chi connectivity index (χ3n) is 3.54. The van der Waals surface area contributed by atoms with Gasteiger partial charge in [-0.05, 0) is 12.8 Å². The summed E-state index contributed by atoms with van der Waals surface area (Å²) >= 11 is 1.52. The topological polar surface area (TPSA) is 60.9 Å². The average molecular weight is 272 g/mol. The van der Waals surface area contributed by atoms with Gasteiger partial charge < -0.3 is 14.9 Å². The van der Waals surface area contributed by atoms with E-state index in [0.717, 1.165) is 25.9 Å². The van der Waals surface area contributed by atoms with Gasteiger partial charge in [0, 0.05) is 18.8 Å². The van der Waals surface area contributed by atoms with Crippen LogP contribution in [0.2, 0.25) is 0 Å². The Morgan fingerprint density at radius 1 is 1.06 bits per heavy atom. The monoisotopic (exact) mass is 272 g/mol. The van der Waals surface area contributed by atoms with Crippen LogP contribution in [0.3, 0.4) is 0 Å². The maximum absolute atomic E-state index is 12.4. The van der Waals surface area contributed by atoms with E-state index < -0.39 is 12.0 Å². The summed E-state index contributed by atoms with van der Waals surface area (Å²) in [6, 6.07) is -0.734. The molecule has 0 saturated carbocycles. The van der Waals surface area contributed by atoms with Crippen LogP contribution in [0.1, 0.15) is 32.1 Å². The van der Waals surface area contributed by atoms with E-state index in [4.69, 9.17) is 5.11 Å². The van der Waals surface area contributed by atoms with E-state index in [0.29, 0.717) is 11.6 Å². The molecule has 2 heterocycles. The fourth-order valence-corrected chi connectivity index (χ4v) is 3.59. The van der Waals surface area contributed by atoms with Crippen molar-refractivity contribution in [2.24, 2.45) is 0 Å². The van der Waals surface area contributed by atoms with Crippen molar-refractivity contribution < 1.29 is 14.7 Å². The van der Waals surface area contributed by atoms with Crippen LogP contribution >= 0.6 is 11.8 Å². The highest BCUT2D eigenvalue weighted by Crippen LogP contribution is 2.23. The number of urea groups is 1. The number of likely N-dealkylation sites (tertiary alicyclic amines) is 1. The molecule has 2 aliphatic heterocycles. The minimum atomic E-state index is -0.889. The standard InChI is InChI=1S/C12H20N2O3S/c15-11(16)10-8-18-9-14(10)12(17)13-6-4-2-1-3-5-7-13/h10H,1-9H2,(H,15,16). The zero-order valence-corrected chi connectivity index (χ0v) is 11.3. The second-order valence-corrected chi connectivity index (χ2v) is 5.86. The zero-order valence-electron chi connectivity index (χ0n) is 10.5. The fraction of sp³-hybridized carbons (Fsp3) is 0.833. The van der Waals surface area contributed by atoms with Gasteiger partial charge in [0.25, 0.3) is 0 Å². The Bertz CT molecular complexity index is 316. The lowest BCUT2D eigenvalue weighted by Crippen LogP contribution is -2.49. The summed E-state index contributed by atoms with van der Waals surface area (Å²) in [5.74, 6) is 0.127. The van der Waals surface area contributed by atoms with Crippen LogP contribution < -0.4 is 0 Å². The molecular formula is C12H20N2O3S. The number of thioether (sulfide) groups is 1. The molecule has 2 amide bonds. The first-order valence-corrected chi connectivity index (χ1v) is 7.71. The van der Waals surface area contributed by atoms with Gasteiger partial charge in [-0.25, -0.2) is 9.59 Å². The highest BCUT2D eigenvalue weighted by molar-refractivity contribution is 7.99. The van der Waals surface area contributed by atoms with Crippen LogP contribution in [0.25, 0.3) is 0 Å². The Morgan fingerprint density at radius 3 is 2.28 bits per heavy atom. The SMILES string of the molecule is O=C(O)C1CSCN1C(=O)N1CCCCCCC1. The van der Waals surface area contributed by atoms with E-state index in [-0.39, 0.29) is 6.03 Å². The maximum Gasteiger partial charge on any atom is 0.327 e. The van der Waals surface area contributed by atoms with Crippen LogP contribution in [0.15, 0.2) is 0 Å². The Labute approximate surface area is 112 Å². The molecule has 0 aliphatic carbocycles. The van der Waals surface area contributed by atoms with Crippen molar-refractivity contribution in [1.82, 2.24) is 9.80 Å². The summed E-state index contributed by atoms with van der Waals surface area (Å²) in [6.07, 6.45) is 5.65. The lowest BCUT2D eigenvalue weighted by Gasteiger charge is -2.31. The molecule has 1 unspecified atom stereocenters. The summed E-state index contributed by atoms with van der Waals surface area (Å²) in [7, 11) is 0. The number of nitrogens with zero attached hydrogens (tertiary/aromatic N) is 2. The number of hydrogen-bond acceptors (Lipinski definition) is 3. The highest BCUT2D eigenvalue weighted by Gasteiger charge is 2.36. The predicted molar refractivity (Wildman–Crippen MR) is 70.6 cm³/mol. The van der Waals surface area contributed by atoms with Gasteiger partial charge in [-0.1, -0.05) is 19.3 Å². The second kappa shape index (κ2) is 6.31. The molecule has 0 radical (unpaired) electrons. The van der Waals surface area contributed by atoms with Gasteiger partial charge in [0.15, 0.2) is 0 Å². The molecule has 0 aromatic heterocycles. The zero-order chi connectivity index (χ0) is 13.0. The maximum atomic E-state index is 12.4. The summed E-state index contributed by atoms with van der Waals surface area (Å²) in [4.78, 5) is 26.8. The van der Waals surface area contributed by atoms with Crippen molar-refractivity contribution in [2.75, 3.05) is 24.7 Å². The molecule has 6 heteroatoms. The third kappa shape index (κ3) is 3.10. The summed E-state index contributed by atoms with van der Waals surface area (Å²) in [6.45, 7) is 1.54. The van der Waals surface area contributed by atoms with E-state index in [9.17, 15) is 9.59 Å². The Balaban J connectivity index is 1.98. The third-order valence-corrected chi connectivity index (χ3v) is 4.55. The molecule has 2 aliphatic rings. The second-order valence-electron chi connectivity index (χ2n) is 4.86. The Morgan fingerprint density at radius 2 is 1.67 bits per heavy atom. The molecule has 2 rings (SSSR count). The summed E-state index contributed by atoms with van der Waals surface area (Å²) < 4.78 is 0. The van der Waals surface area contributed by atoms with E-state index in [1.807, 2.05) is 4.90 Å². The molecule has 0 aromatic carbocycles. The van der Waals surface area contributed by atoms with E-state index in [1.165, 1.54) is 35.9 Å². The van der Waals surface area contributed by atoms with Crippen molar-refractivity contribution in [1.29, 1.82) is 0 Å². The minimum absolute atomic E-state index is 0.0886. The molecule has 102 valence electrons. The number of aliphatic carboxylic acids is 1. The van der Waals surface area contributed by atoms with Crippen molar-refractivity contribution in [2.45, 2.75) is 38.1 Å². The van der Waals surface area contributed by atoms with Gasteiger partial charge >= 0.3 is 12.0 Å². The first kappa shape index (κ1) is 13.5. The van der Waals surface area contributed by atoms with Gasteiger partial charge in [0.1, 0.15) is 6.04 Å². The molecule has 1 N–H and O–H groups in total. The van der Waals surface area contributed by atoms with E-state index in [2.05, 4.69) is 0 Å². The molecule has 0 spiro atoms. The molecule has 1 atom stereocenters. The van der Waals surface area contributed by atoms with Gasteiger partial charge in [0.2, 0.25) is 0 Å². The van der Waals surface area contributed by atoms with Gasteiger partial charge in [-0.3, -0.25) is 0 Å². The van der Waals surface area contributed by atoms with Crippen molar-refractivity contribution in [3.63, 3.8) is 0 Å². The number of carbonyl (C=O) groups excluding carboxylic acids is 1. The first-order chi connectivity index (χ1) is 8.70. The molecular weight excluding hydrogens is 252 g/mol. The van der Waals surface area contributed by atoms with Crippen LogP contribution in [-0.2, 0) is 4.79 Å². The highest BCUT2D eigenvalue weighted by atomic mass is 32.2. The fourth-order valence-electron chi connectivity index (χ4n) is 2.46. The molecule has 2 fully saturated rings. The molecule has 5 nitrogen and oxygen atoms in total. The summed E-state index contributed by atoms with van der Waals surface area (Å²) in [5.41, 5.74) is 0. The minimum Gasteiger partial charge on any atom is -0.480 e. The normalized spacial score (nSPS) is 25.7. The molecule has 0 aromatic rings. The van der Waals surface area contributed by atoms with E-state index in [1.54, 1.807) is 0 Å². The number of hydrogen-bond donors (Lipinski definition) is 1. The van der Waals surface area contributed by atoms with Crippen molar-refractivity contribution in [3.8, 4) is 0 Å². The van der Waals surface area contributed by atoms with Crippen LogP contribution in [0, 0.1) is 0 Å². The van der Waals surface area contributed by atoms with E-state index >= 15 is 0 Å². The molecule has 18 heavy (non-hydrogen) atoms. The van der Waals surface area contributed by atoms with Crippen molar-refractivity contribution >= 4 is 23.8 Å². The Hall–Kier alpha value is -0.910. The number of rotatable bonds is 1. The van der Waals surface area contributed by atoms with Crippen LogP contribution in [-0.4, -0.2) is 57.7 Å². The predicted octanol–water partition coefficient (Wildman–Crippen LogP) is 1.83. The number of carboxylic acid groups (broad SMARTS) is 1. The van der Waals surface area contributed by atoms with Gasteiger partial charge in [-0.2, -0.15) is 0 Å². The first-order valence-electron chi connectivity index (χ1n) is 6.56. The quantitative estimate of drug-likeness (QED) is 0.791. The lowest BCUT2D eigenvalue weighted by molar-refractivity contribution is -0.140. The largest absolute Gasteiger partial charge is 0.480 e. The molecule has 2 saturated heterocycles. The van der Waals surface area contributed by atoms with Crippen LogP contribution in [0.4, 0.5) is 4.79 Å². The van der Waals surface area contributed by atoms with Gasteiger partial charge in [-0.15, -0.1) is 11.8 Å². The number of amides is 2. The average Bonchev–Trinajstić information content (AvgIpc) is 2.76. The number of carboxylic acids is 1. The van der Waals surface area contributed by atoms with Crippen molar-refractivity contribution in [3.05, 3.63) is 0 Å². The van der Waals surface area contributed by atoms with Gasteiger partial charge in [0.05, 0.1) is 5.88 Å². The molecule has 0 bridgehead atoms. The Kier molecular flexibility index (Phi) is 4.74. The lowest BCUT2D eigenvalue weighted by atomic mass is 10.1. The van der Waals surface area contributed by atoms with Crippen LogP contribution in [0.5, 0.6) is 0 Å². The summed E-state index contributed by atoms with van der Waals surface area (Å²) in [5, 5.41) is 9.11.